The highest BCUT2D eigenvalue weighted by Gasteiger charge is 2.09. The number of aromatic carboxylic acids is 1. The van der Waals surface area contributed by atoms with E-state index in [-0.39, 0.29) is 5.56 Å². The second-order valence-corrected chi connectivity index (χ2v) is 3.20. The molecule has 0 aliphatic rings. The lowest BCUT2D eigenvalue weighted by molar-refractivity contribution is 0.0696. The van der Waals surface area contributed by atoms with Crippen molar-refractivity contribution in [2.24, 2.45) is 0 Å². The Morgan fingerprint density at radius 1 is 1.50 bits per heavy atom. The zero-order valence-corrected chi connectivity index (χ0v) is 8.35. The van der Waals surface area contributed by atoms with Gasteiger partial charge < -0.3 is 14.5 Å². The summed E-state index contributed by atoms with van der Waals surface area (Å²) >= 11 is 0. The van der Waals surface area contributed by atoms with Gasteiger partial charge in [-0.05, 0) is 6.07 Å². The molecule has 0 aliphatic carbocycles. The quantitative estimate of drug-likeness (QED) is 0.788. The van der Waals surface area contributed by atoms with Crippen molar-refractivity contribution in [3.63, 3.8) is 0 Å². The number of hydrogen-bond acceptors (Lipinski definition) is 4. The van der Waals surface area contributed by atoms with Crippen molar-refractivity contribution in [2.45, 2.75) is 6.92 Å². The average Bonchev–Trinajstić information content (AvgIpc) is 2.64. The van der Waals surface area contributed by atoms with Gasteiger partial charge in [-0.3, -0.25) is 4.79 Å². The first kappa shape index (κ1) is 10.2. The average molecular weight is 220 g/mol. The minimum Gasteiger partial charge on any atom is -0.478 e. The molecule has 0 bridgehead atoms. The van der Waals surface area contributed by atoms with Crippen molar-refractivity contribution in [3.05, 3.63) is 40.2 Å². The van der Waals surface area contributed by atoms with Crippen LogP contribution in [0.25, 0.3) is 11.4 Å². The molecule has 0 spiro atoms. The van der Waals surface area contributed by atoms with Gasteiger partial charge in [-0.15, -0.1) is 0 Å². The van der Waals surface area contributed by atoms with Gasteiger partial charge in [0.15, 0.2) is 5.89 Å². The fourth-order valence-electron chi connectivity index (χ4n) is 1.29. The van der Waals surface area contributed by atoms with E-state index in [0.29, 0.717) is 17.3 Å². The van der Waals surface area contributed by atoms with Crippen molar-refractivity contribution >= 4 is 5.97 Å². The van der Waals surface area contributed by atoms with Gasteiger partial charge in [-0.1, -0.05) is 0 Å². The molecule has 2 aromatic rings. The van der Waals surface area contributed by atoms with Crippen LogP contribution in [0.4, 0.5) is 0 Å². The highest BCUT2D eigenvalue weighted by atomic mass is 16.4. The van der Waals surface area contributed by atoms with E-state index in [1.807, 2.05) is 0 Å². The molecule has 2 rings (SSSR count). The molecule has 2 heterocycles. The van der Waals surface area contributed by atoms with Crippen LogP contribution in [-0.4, -0.2) is 21.0 Å². The smallest absolute Gasteiger partial charge is 0.335 e. The Bertz CT molecular complexity index is 597. The third-order valence-corrected chi connectivity index (χ3v) is 1.99. The van der Waals surface area contributed by atoms with Crippen LogP contribution >= 0.6 is 0 Å². The van der Waals surface area contributed by atoms with Crippen LogP contribution < -0.4 is 5.56 Å². The van der Waals surface area contributed by atoms with Gasteiger partial charge in [0.2, 0.25) is 5.56 Å². The molecule has 0 saturated carbocycles. The fraction of sp³-hybridized carbons (Fsp3) is 0.100. The van der Waals surface area contributed by atoms with Gasteiger partial charge >= 0.3 is 5.97 Å². The van der Waals surface area contributed by atoms with Crippen molar-refractivity contribution in [3.8, 4) is 11.4 Å². The second kappa shape index (κ2) is 3.65. The normalized spacial score (nSPS) is 10.3. The number of aromatic nitrogens is 2. The number of carboxylic acids is 1. The predicted octanol–water partition coefficient (Wildman–Crippen LogP) is 1.04. The van der Waals surface area contributed by atoms with Crippen LogP contribution in [0.1, 0.15) is 16.2 Å². The largest absolute Gasteiger partial charge is 0.478 e. The first-order chi connectivity index (χ1) is 7.56. The maximum atomic E-state index is 11.2. The Morgan fingerprint density at radius 3 is 2.81 bits per heavy atom. The fourth-order valence-corrected chi connectivity index (χ4v) is 1.29. The number of aromatic amines is 1. The molecule has 0 radical (unpaired) electrons. The van der Waals surface area contributed by atoms with Gasteiger partial charge in [-0.25, -0.2) is 9.78 Å². The number of carboxylic acid groups (broad SMARTS) is 1. The summed E-state index contributed by atoms with van der Waals surface area (Å²) in [5.74, 6) is -0.718. The maximum absolute atomic E-state index is 11.2. The van der Waals surface area contributed by atoms with Gasteiger partial charge in [0.1, 0.15) is 12.0 Å². The third-order valence-electron chi connectivity index (χ3n) is 1.99. The van der Waals surface area contributed by atoms with Crippen LogP contribution in [0.15, 0.2) is 27.6 Å². The molecule has 0 aliphatic heterocycles. The zero-order valence-electron chi connectivity index (χ0n) is 8.35. The lowest BCUT2D eigenvalue weighted by Gasteiger charge is -1.97. The Kier molecular flexibility index (Phi) is 2.32. The van der Waals surface area contributed by atoms with E-state index in [9.17, 15) is 9.59 Å². The highest BCUT2D eigenvalue weighted by molar-refractivity contribution is 5.88. The van der Waals surface area contributed by atoms with Crippen LogP contribution in [0.2, 0.25) is 0 Å². The molecule has 0 aromatic carbocycles. The molecule has 2 N–H and O–H groups in total. The van der Waals surface area contributed by atoms with E-state index in [2.05, 4.69) is 9.97 Å². The number of pyridine rings is 1. The Morgan fingerprint density at radius 2 is 2.25 bits per heavy atom. The van der Waals surface area contributed by atoms with Crippen LogP contribution in [0.3, 0.4) is 0 Å². The van der Waals surface area contributed by atoms with Gasteiger partial charge in [0.05, 0.1) is 11.3 Å². The summed E-state index contributed by atoms with van der Waals surface area (Å²) in [4.78, 5) is 28.4. The summed E-state index contributed by atoms with van der Waals surface area (Å²) in [5.41, 5.74) is 0.148. The lowest BCUT2D eigenvalue weighted by atomic mass is 10.2. The number of hydrogen-bond donors (Lipinski definition) is 2. The van der Waals surface area contributed by atoms with E-state index in [1.165, 1.54) is 12.3 Å². The van der Waals surface area contributed by atoms with Gasteiger partial charge in [0, 0.05) is 13.0 Å². The third kappa shape index (κ3) is 1.85. The first-order valence-electron chi connectivity index (χ1n) is 4.46. The number of nitrogens with zero attached hydrogens (tertiary/aromatic N) is 1. The van der Waals surface area contributed by atoms with Crippen molar-refractivity contribution in [2.75, 3.05) is 0 Å². The van der Waals surface area contributed by atoms with Crippen LogP contribution in [0, 0.1) is 6.92 Å². The van der Waals surface area contributed by atoms with Crippen LogP contribution in [-0.2, 0) is 0 Å². The number of H-pyrrole nitrogens is 1. The number of oxazole rings is 1. The number of carbonyl (C=O) groups is 1. The molecule has 0 fully saturated rings. The summed E-state index contributed by atoms with van der Waals surface area (Å²) < 4.78 is 4.98. The molecule has 0 amide bonds. The zero-order chi connectivity index (χ0) is 11.7. The highest BCUT2D eigenvalue weighted by Crippen LogP contribution is 2.15. The predicted molar refractivity (Wildman–Crippen MR) is 54.3 cm³/mol. The maximum Gasteiger partial charge on any atom is 0.335 e. The van der Waals surface area contributed by atoms with E-state index < -0.39 is 11.5 Å². The molecule has 16 heavy (non-hydrogen) atoms. The summed E-state index contributed by atoms with van der Waals surface area (Å²) in [7, 11) is 0. The molecule has 82 valence electrons. The number of rotatable bonds is 2. The van der Waals surface area contributed by atoms with Crippen molar-refractivity contribution in [1.82, 2.24) is 9.97 Å². The molecular formula is C10H8N2O4. The molecule has 0 unspecified atom stereocenters. The van der Waals surface area contributed by atoms with Gasteiger partial charge in [-0.2, -0.15) is 0 Å². The summed E-state index contributed by atoms with van der Waals surface area (Å²) in [6.45, 7) is 1.66. The minimum atomic E-state index is -1.16. The van der Waals surface area contributed by atoms with E-state index in [0.717, 1.165) is 6.07 Å². The van der Waals surface area contributed by atoms with E-state index >= 15 is 0 Å². The van der Waals surface area contributed by atoms with E-state index in [1.54, 1.807) is 6.92 Å². The molecule has 6 nitrogen and oxygen atoms in total. The Hall–Kier alpha value is -2.37. The monoisotopic (exact) mass is 220 g/mol. The Labute approximate surface area is 89.6 Å². The van der Waals surface area contributed by atoms with Crippen LogP contribution in [0.5, 0.6) is 0 Å². The molecule has 6 heteroatoms. The second-order valence-electron chi connectivity index (χ2n) is 3.20. The molecule has 0 atom stereocenters. The lowest BCUT2D eigenvalue weighted by Crippen LogP contribution is -2.10. The molecule has 0 saturated heterocycles. The summed E-state index contributed by atoms with van der Waals surface area (Å²) in [6.07, 6.45) is 1.35. The standard InChI is InChI=1S/C10H8N2O4/c1-5-11-8(4-16-5)7-2-6(10(14)15)3-9(13)12-7/h2-4H,1H3,(H,12,13)(H,14,15). The number of nitrogens with one attached hydrogen (secondary N) is 1. The first-order valence-corrected chi connectivity index (χ1v) is 4.46. The van der Waals surface area contributed by atoms with Crippen molar-refractivity contribution in [1.29, 1.82) is 0 Å². The Balaban J connectivity index is 2.57. The SMILES string of the molecule is Cc1nc(-c2cc(C(=O)O)cc(=O)[nH]2)co1. The molecule has 2 aromatic heterocycles. The molecular weight excluding hydrogens is 212 g/mol. The van der Waals surface area contributed by atoms with E-state index in [4.69, 9.17) is 9.52 Å². The number of aryl methyl sites for hydroxylation is 1. The minimum absolute atomic E-state index is 0.0839. The topological polar surface area (TPSA) is 96.2 Å². The van der Waals surface area contributed by atoms with Crippen molar-refractivity contribution < 1.29 is 14.3 Å². The summed E-state index contributed by atoms with van der Waals surface area (Å²) in [5, 5.41) is 8.79. The van der Waals surface area contributed by atoms with Gasteiger partial charge in [0.25, 0.3) is 0 Å². The summed E-state index contributed by atoms with van der Waals surface area (Å²) in [6, 6.07) is 2.35.